The average molecular weight is 753 g/mol. The van der Waals surface area contributed by atoms with E-state index in [0.717, 1.165) is 15.9 Å². The van der Waals surface area contributed by atoms with Crippen molar-refractivity contribution >= 4 is 77.2 Å². The topological polar surface area (TPSA) is 102 Å². The third kappa shape index (κ3) is 5.75. The molecule has 2 bridgehead atoms. The van der Waals surface area contributed by atoms with Crippen LogP contribution in [0.2, 0.25) is 0 Å². The predicted octanol–water partition coefficient (Wildman–Crippen LogP) is 4.75. The zero-order chi connectivity index (χ0) is 34.7. The molecule has 0 unspecified atom stereocenters. The fraction of sp³-hybridized carbons (Fsp3) is 0.0769. The molecule has 0 atom stereocenters. The smallest absolute Gasteiger partial charge is 0.183 e. The Morgan fingerprint density at radius 3 is 0.820 bits per heavy atom. The van der Waals surface area contributed by atoms with E-state index in [2.05, 4.69) is 0 Å². The number of hydrogen-bond donors (Lipinski definition) is 0. The van der Waals surface area contributed by atoms with E-state index in [9.17, 15) is 25.3 Å². The average Bonchev–Trinajstić information content (AvgIpc) is 3.10. The highest BCUT2D eigenvalue weighted by molar-refractivity contribution is 7.94. The Bertz CT molecular complexity index is 2360. The van der Waals surface area contributed by atoms with Gasteiger partial charge in [-0.25, -0.2) is 25.3 Å². The van der Waals surface area contributed by atoms with Gasteiger partial charge in [-0.15, -0.1) is 0 Å². The SMILES string of the molecule is O=S1(=O)Cc2ccccc2P2c3ccccc3CS(=O)(=O)c3ccccc3P(c3ccccc31)c1ccccc1S(=O)(=O)Cc1ccccc12. The van der Waals surface area contributed by atoms with Gasteiger partial charge in [-0.1, -0.05) is 127 Å². The van der Waals surface area contributed by atoms with Crippen LogP contribution in [0.4, 0.5) is 0 Å². The number of sulfone groups is 3. The van der Waals surface area contributed by atoms with Crippen LogP contribution in [0.15, 0.2) is 160 Å². The maximum Gasteiger partial charge on any atom is 0.183 e. The van der Waals surface area contributed by atoms with E-state index < -0.39 is 45.4 Å². The molecule has 50 heavy (non-hydrogen) atoms. The van der Waals surface area contributed by atoms with E-state index >= 15 is 0 Å². The molecule has 11 heteroatoms. The lowest BCUT2D eigenvalue weighted by atomic mass is 10.2. The summed E-state index contributed by atoms with van der Waals surface area (Å²) < 4.78 is 88.8. The van der Waals surface area contributed by atoms with Crippen molar-refractivity contribution in [1.29, 1.82) is 0 Å². The van der Waals surface area contributed by atoms with Crippen LogP contribution >= 0.6 is 15.8 Å². The van der Waals surface area contributed by atoms with Crippen LogP contribution in [0.5, 0.6) is 0 Å². The summed E-state index contributed by atoms with van der Waals surface area (Å²) in [6.45, 7) is 0. The van der Waals surface area contributed by atoms with E-state index in [1.165, 1.54) is 0 Å². The molecule has 0 N–H and O–H groups in total. The molecule has 0 amide bonds. The van der Waals surface area contributed by atoms with Crippen LogP contribution in [-0.4, -0.2) is 25.3 Å². The molecule has 6 aromatic carbocycles. The first-order chi connectivity index (χ1) is 24.1. The minimum absolute atomic E-state index is 0.0552. The zero-order valence-corrected chi connectivity index (χ0v) is 30.8. The first-order valence-electron chi connectivity index (χ1n) is 15.8. The van der Waals surface area contributed by atoms with Gasteiger partial charge in [0.15, 0.2) is 29.5 Å². The van der Waals surface area contributed by atoms with E-state index in [-0.39, 0.29) is 31.9 Å². The summed E-state index contributed by atoms with van der Waals surface area (Å²) in [4.78, 5) is 0.165. The largest absolute Gasteiger partial charge is 0.223 e. The third-order valence-electron chi connectivity index (χ3n) is 9.06. The van der Waals surface area contributed by atoms with Gasteiger partial charge in [-0.05, 0) is 66.6 Å². The van der Waals surface area contributed by atoms with Crippen molar-refractivity contribution in [1.82, 2.24) is 0 Å². The third-order valence-corrected chi connectivity index (χ3v) is 20.0. The molecular weight excluding hydrogens is 723 g/mol. The highest BCUT2D eigenvalue weighted by Crippen LogP contribution is 2.44. The maximum atomic E-state index is 14.8. The highest BCUT2D eigenvalue weighted by Gasteiger charge is 2.37. The van der Waals surface area contributed by atoms with Crippen molar-refractivity contribution in [2.45, 2.75) is 31.9 Å². The van der Waals surface area contributed by atoms with Gasteiger partial charge in [0.1, 0.15) is 0 Å². The Hall–Kier alpha value is -3.97. The summed E-state index contributed by atoms with van der Waals surface area (Å²) in [6, 6.07) is 42.1. The number of hydrogen-bond acceptors (Lipinski definition) is 6. The summed E-state index contributed by atoms with van der Waals surface area (Å²) in [7, 11) is -15.9. The van der Waals surface area contributed by atoms with Crippen molar-refractivity contribution in [2.24, 2.45) is 0 Å². The monoisotopic (exact) mass is 752 g/mol. The quantitative estimate of drug-likeness (QED) is 0.208. The van der Waals surface area contributed by atoms with Crippen molar-refractivity contribution in [3.05, 3.63) is 162 Å². The van der Waals surface area contributed by atoms with Crippen LogP contribution in [-0.2, 0) is 46.8 Å². The molecule has 0 aromatic heterocycles. The normalized spacial score (nSPS) is 19.9. The minimum atomic E-state index is -4.07. The van der Waals surface area contributed by atoms with E-state index in [0.29, 0.717) is 32.6 Å². The predicted molar refractivity (Wildman–Crippen MR) is 203 cm³/mol. The van der Waals surface area contributed by atoms with Crippen molar-refractivity contribution < 1.29 is 25.3 Å². The molecule has 0 saturated carbocycles. The lowest BCUT2D eigenvalue weighted by molar-refractivity contribution is 0.594. The van der Waals surface area contributed by atoms with Gasteiger partial charge >= 0.3 is 0 Å². The lowest BCUT2D eigenvalue weighted by Gasteiger charge is -2.30. The Morgan fingerprint density at radius 2 is 0.520 bits per heavy atom. The molecule has 0 fully saturated rings. The molecule has 3 aliphatic heterocycles. The highest BCUT2D eigenvalue weighted by atomic mass is 32.2. The van der Waals surface area contributed by atoms with Crippen molar-refractivity contribution in [2.75, 3.05) is 0 Å². The molecule has 3 heterocycles. The van der Waals surface area contributed by atoms with Crippen LogP contribution in [0.25, 0.3) is 0 Å². The summed E-state index contributed by atoms with van der Waals surface area (Å²) in [5, 5.41) is 3.33. The maximum absolute atomic E-state index is 14.8. The molecular formula is C39H30O6P2S3. The van der Waals surface area contributed by atoms with Gasteiger partial charge in [0.2, 0.25) is 0 Å². The summed E-state index contributed by atoms with van der Waals surface area (Å²) >= 11 is 0. The second-order valence-corrected chi connectivity index (χ2v) is 22.3. The van der Waals surface area contributed by atoms with Crippen LogP contribution in [0, 0.1) is 0 Å². The molecule has 6 nitrogen and oxygen atoms in total. The summed E-state index contributed by atoms with van der Waals surface area (Å²) in [5.74, 6) is -0.856. The van der Waals surface area contributed by atoms with Crippen molar-refractivity contribution in [3.63, 3.8) is 0 Å². The molecule has 0 radical (unpaired) electrons. The molecule has 250 valence electrons. The molecule has 0 saturated heterocycles. The summed E-state index contributed by atoms with van der Waals surface area (Å²) in [5.41, 5.74) is 1.76. The van der Waals surface area contributed by atoms with Gasteiger partial charge < -0.3 is 0 Å². The van der Waals surface area contributed by atoms with Gasteiger partial charge in [0.05, 0.1) is 31.9 Å². The van der Waals surface area contributed by atoms with Gasteiger partial charge in [-0.2, -0.15) is 0 Å². The van der Waals surface area contributed by atoms with E-state index in [1.54, 1.807) is 72.8 Å². The summed E-state index contributed by atoms with van der Waals surface area (Å²) in [6.07, 6.45) is 0. The van der Waals surface area contributed by atoms with E-state index in [4.69, 9.17) is 0 Å². The second-order valence-electron chi connectivity index (χ2n) is 12.2. The molecule has 3 aliphatic rings. The van der Waals surface area contributed by atoms with Gasteiger partial charge in [0, 0.05) is 15.9 Å². The van der Waals surface area contributed by atoms with Crippen LogP contribution < -0.4 is 31.8 Å². The fourth-order valence-corrected chi connectivity index (χ4v) is 18.9. The lowest BCUT2D eigenvalue weighted by Crippen LogP contribution is -2.34. The van der Waals surface area contributed by atoms with Crippen LogP contribution in [0.3, 0.4) is 0 Å². The Kier molecular flexibility index (Phi) is 8.41. The molecule has 9 rings (SSSR count). The Balaban J connectivity index is 1.62. The fourth-order valence-electron chi connectivity index (χ4n) is 6.89. The number of benzene rings is 6. The Labute approximate surface area is 295 Å². The van der Waals surface area contributed by atoms with Crippen molar-refractivity contribution in [3.8, 4) is 0 Å². The van der Waals surface area contributed by atoms with E-state index in [1.807, 2.05) is 72.8 Å². The molecule has 0 spiro atoms. The standard InChI is InChI=1S/C39H30O6P2S3/c40-48(41)25-28-13-1-4-16-31(28)46-32-17-5-2-14-29(32)26-49(42,43)38-23-11-8-20-35(38)47(34-19-7-10-22-37(34)48)36-21-9-12-24-39(36)50(44,45)27-30-15-3-6-18-33(30)46/h1-24H,25-27H2. The Morgan fingerprint density at radius 1 is 0.300 bits per heavy atom. The molecule has 6 aromatic rings. The second kappa shape index (κ2) is 12.7. The van der Waals surface area contributed by atoms with Crippen LogP contribution in [0.1, 0.15) is 16.7 Å². The molecule has 0 aliphatic carbocycles. The zero-order valence-electron chi connectivity index (χ0n) is 26.5. The number of rotatable bonds is 0. The van der Waals surface area contributed by atoms with Gasteiger partial charge in [0.25, 0.3) is 0 Å². The van der Waals surface area contributed by atoms with Gasteiger partial charge in [-0.3, -0.25) is 0 Å². The first-order valence-corrected chi connectivity index (χ1v) is 23.5. The number of fused-ring (bicyclic) bond motifs is 3. The first kappa shape index (κ1) is 33.2. The minimum Gasteiger partial charge on any atom is -0.223 e.